The van der Waals surface area contributed by atoms with E-state index < -0.39 is 45.6 Å². The second-order valence-electron chi connectivity index (χ2n) is 14.7. The third-order valence-electron chi connectivity index (χ3n) is 8.94. The minimum atomic E-state index is -4.15. The average Bonchev–Trinajstić information content (AvgIpc) is 3.43. The van der Waals surface area contributed by atoms with Gasteiger partial charge in [-0.05, 0) is 60.1 Å². The highest BCUT2D eigenvalue weighted by Gasteiger charge is 2.44. The molecule has 13 nitrogen and oxygen atoms in total. The molecule has 2 heterocycles. The Morgan fingerprint density at radius 1 is 1.00 bits per heavy atom. The van der Waals surface area contributed by atoms with Crippen molar-refractivity contribution in [1.82, 2.24) is 24.4 Å². The van der Waals surface area contributed by atoms with Crippen LogP contribution in [-0.2, 0) is 27.8 Å². The van der Waals surface area contributed by atoms with Gasteiger partial charge < -0.3 is 30.5 Å². The van der Waals surface area contributed by atoms with E-state index in [0.29, 0.717) is 30.0 Å². The number of benzene rings is 2. The predicted molar refractivity (Wildman–Crippen MR) is 198 cm³/mol. The highest BCUT2D eigenvalue weighted by atomic mass is 32.2. The maximum Gasteiger partial charge on any atom is 0.321 e. The van der Waals surface area contributed by atoms with Crippen molar-refractivity contribution in [1.29, 1.82) is 0 Å². The molecule has 1 fully saturated rings. The summed E-state index contributed by atoms with van der Waals surface area (Å²) in [7, 11) is -4.15. The molecule has 1 aliphatic heterocycles. The van der Waals surface area contributed by atoms with Gasteiger partial charge in [0, 0.05) is 26.2 Å². The molecule has 1 aliphatic rings. The van der Waals surface area contributed by atoms with E-state index in [4.69, 9.17) is 5.21 Å². The molecular weight excluding hydrogens is 685 g/mol. The van der Waals surface area contributed by atoms with E-state index >= 15 is 0 Å². The van der Waals surface area contributed by atoms with Crippen LogP contribution in [0.3, 0.4) is 0 Å². The van der Waals surface area contributed by atoms with Gasteiger partial charge in [0.05, 0.1) is 47.3 Å². The summed E-state index contributed by atoms with van der Waals surface area (Å²) < 4.78 is 29.8. The third kappa shape index (κ3) is 10.1. The lowest BCUT2D eigenvalue weighted by atomic mass is 9.85. The van der Waals surface area contributed by atoms with Crippen molar-refractivity contribution in [2.75, 3.05) is 26.2 Å². The maximum atomic E-state index is 14.3. The Balaban J connectivity index is 1.58. The fourth-order valence-electron chi connectivity index (χ4n) is 6.43. The Hall–Kier alpha value is -4.37. The van der Waals surface area contributed by atoms with Crippen LogP contribution in [-0.4, -0.2) is 105 Å². The number of carbonyl (C=O) groups excluding carboxylic acids is 2. The molecule has 52 heavy (non-hydrogen) atoms. The van der Waals surface area contributed by atoms with Gasteiger partial charge in [0.1, 0.15) is 6.04 Å². The molecule has 0 saturated carbocycles. The van der Waals surface area contributed by atoms with E-state index in [1.54, 1.807) is 30.0 Å². The average molecular weight is 737 g/mol. The monoisotopic (exact) mass is 736 g/mol. The number of aromatic nitrogens is 1. The molecule has 0 bridgehead atoms. The van der Waals surface area contributed by atoms with Crippen molar-refractivity contribution in [2.45, 2.75) is 83.7 Å². The molecule has 282 valence electrons. The Morgan fingerprint density at radius 2 is 1.67 bits per heavy atom. The van der Waals surface area contributed by atoms with E-state index in [2.05, 4.69) is 15.5 Å². The molecule has 14 heteroatoms. The summed E-state index contributed by atoms with van der Waals surface area (Å²) in [6, 6.07) is 18.3. The first-order valence-electron chi connectivity index (χ1n) is 17.5. The summed E-state index contributed by atoms with van der Waals surface area (Å²) in [6.45, 7) is 11.7. The number of nitrogens with one attached hydrogen (secondary N) is 1. The summed E-state index contributed by atoms with van der Waals surface area (Å²) >= 11 is 0. The molecule has 0 radical (unpaired) electrons. The molecule has 4 atom stereocenters. The van der Waals surface area contributed by atoms with E-state index in [0.717, 1.165) is 5.56 Å². The fraction of sp³-hybridized carbons (Fsp3) is 0.474. The van der Waals surface area contributed by atoms with Gasteiger partial charge in [-0.3, -0.25) is 9.78 Å². The largest absolute Gasteiger partial charge is 0.411 e. The number of aliphatic hydroxyl groups is 2. The van der Waals surface area contributed by atoms with Crippen LogP contribution in [0.4, 0.5) is 4.79 Å². The summed E-state index contributed by atoms with van der Waals surface area (Å²) in [5, 5.41) is 36.5. The van der Waals surface area contributed by atoms with Crippen molar-refractivity contribution in [2.24, 2.45) is 16.5 Å². The predicted octanol–water partition coefficient (Wildman–Crippen LogP) is 4.03. The number of sulfonamides is 1. The van der Waals surface area contributed by atoms with Crippen LogP contribution in [0.1, 0.15) is 70.2 Å². The van der Waals surface area contributed by atoms with Gasteiger partial charge in [-0.1, -0.05) is 88.3 Å². The number of urea groups is 1. The minimum absolute atomic E-state index is 0.00947. The Bertz CT molecular complexity index is 1780. The van der Waals surface area contributed by atoms with Crippen molar-refractivity contribution in [3.63, 3.8) is 0 Å². The van der Waals surface area contributed by atoms with Gasteiger partial charge in [0.2, 0.25) is 15.9 Å². The number of hydrogen-bond acceptors (Lipinski definition) is 9. The Morgan fingerprint density at radius 3 is 2.27 bits per heavy atom. The highest BCUT2D eigenvalue weighted by molar-refractivity contribution is 7.89. The van der Waals surface area contributed by atoms with Crippen molar-refractivity contribution in [3.8, 4) is 0 Å². The number of amides is 3. The van der Waals surface area contributed by atoms with Gasteiger partial charge in [0.15, 0.2) is 0 Å². The number of oxime groups is 1. The Labute approximate surface area is 307 Å². The first kappa shape index (κ1) is 40.4. The molecule has 1 aromatic heterocycles. The molecule has 3 aromatic rings. The molecule has 2 aromatic carbocycles. The second-order valence-corrected chi connectivity index (χ2v) is 16.6. The number of nitrogens with zero attached hydrogens (tertiary/aromatic N) is 5. The zero-order chi connectivity index (χ0) is 38.2. The van der Waals surface area contributed by atoms with Gasteiger partial charge >= 0.3 is 6.03 Å². The first-order valence-corrected chi connectivity index (χ1v) is 19.0. The fourth-order valence-corrected chi connectivity index (χ4v) is 8.24. The molecule has 4 N–H and O–H groups in total. The molecule has 2 unspecified atom stereocenters. The number of aliphatic hydroxyl groups excluding tert-OH is 2. The van der Waals surface area contributed by atoms with E-state index in [9.17, 15) is 28.2 Å². The van der Waals surface area contributed by atoms with Crippen molar-refractivity contribution in [3.05, 3.63) is 95.3 Å². The SMILES string of the molecule is CC(C)CN(C(Cc1ccccc1)[C@H](O)CNC(=O)[C@@H](N1CCN(Cc2cccc(C(C)O)n2)C1=O)C(C)(C)C)S(=O)(=O)c1ccc(C=NO)cc1. The number of carbonyl (C=O) groups is 2. The minimum Gasteiger partial charge on any atom is -0.411 e. The first-order chi connectivity index (χ1) is 24.5. The lowest BCUT2D eigenvalue weighted by Crippen LogP contribution is -2.57. The maximum absolute atomic E-state index is 14.3. The quantitative estimate of drug-likeness (QED) is 0.0969. The van der Waals surface area contributed by atoms with Crippen LogP contribution in [0.5, 0.6) is 0 Å². The molecule has 3 amide bonds. The van der Waals surface area contributed by atoms with Crippen molar-refractivity contribution < 1.29 is 33.4 Å². The molecule has 4 rings (SSSR count). The van der Waals surface area contributed by atoms with Gasteiger partial charge in [-0.25, -0.2) is 13.2 Å². The summed E-state index contributed by atoms with van der Waals surface area (Å²) in [5.41, 5.74) is 1.75. The van der Waals surface area contributed by atoms with Crippen molar-refractivity contribution >= 4 is 28.2 Å². The lowest BCUT2D eigenvalue weighted by molar-refractivity contribution is -0.129. The summed E-state index contributed by atoms with van der Waals surface area (Å²) in [4.78, 5) is 35.3. The standard InChI is InChI=1S/C38H52N6O7S/c1-26(2)24-44(52(50,51)31-17-15-29(16-18-31)22-40-49)33(21-28-11-8-7-9-12-28)34(46)23-39-36(47)35(38(4,5)6)43-20-19-42(37(43)48)25-30-13-10-14-32(41-30)27(3)45/h7-18,22,26-27,33-35,45-46,49H,19-21,23-25H2,1-6H3,(H,39,47)/t27?,33?,34-,35-/m1/s1. The van der Waals surface area contributed by atoms with Crippen LogP contribution in [0.25, 0.3) is 0 Å². The molecule has 0 aliphatic carbocycles. The lowest BCUT2D eigenvalue weighted by Gasteiger charge is -2.38. The van der Waals surface area contributed by atoms with E-state index in [-0.39, 0.29) is 42.9 Å². The number of hydrogen-bond donors (Lipinski definition) is 4. The van der Waals surface area contributed by atoms with Crippen LogP contribution in [0.15, 0.2) is 82.8 Å². The zero-order valence-corrected chi connectivity index (χ0v) is 31.6. The summed E-state index contributed by atoms with van der Waals surface area (Å²) in [5.74, 6) is -0.566. The third-order valence-corrected chi connectivity index (χ3v) is 10.8. The van der Waals surface area contributed by atoms with Crippen LogP contribution in [0, 0.1) is 11.3 Å². The number of rotatable bonds is 16. The van der Waals surface area contributed by atoms with Crippen LogP contribution in [0.2, 0.25) is 0 Å². The van der Waals surface area contributed by atoms with Crippen LogP contribution >= 0.6 is 0 Å². The topological polar surface area (TPSA) is 176 Å². The van der Waals surface area contributed by atoms with E-state index in [1.165, 1.54) is 39.7 Å². The molecular formula is C38H52N6O7S. The Kier molecular flexibility index (Phi) is 13.5. The number of pyridine rings is 1. The van der Waals surface area contributed by atoms with Crippen LogP contribution < -0.4 is 5.32 Å². The smallest absolute Gasteiger partial charge is 0.321 e. The van der Waals surface area contributed by atoms with Gasteiger partial charge in [-0.2, -0.15) is 4.31 Å². The van der Waals surface area contributed by atoms with E-state index in [1.807, 2.05) is 65.0 Å². The molecule has 1 saturated heterocycles. The normalized spacial score (nSPS) is 16.5. The summed E-state index contributed by atoms with van der Waals surface area (Å²) in [6.07, 6.45) is -0.707. The highest BCUT2D eigenvalue weighted by Crippen LogP contribution is 2.29. The van der Waals surface area contributed by atoms with Gasteiger partial charge in [-0.15, -0.1) is 0 Å². The van der Waals surface area contributed by atoms with Gasteiger partial charge in [0.25, 0.3) is 0 Å². The molecule has 0 spiro atoms. The zero-order valence-electron chi connectivity index (χ0n) is 30.8. The second kappa shape index (κ2) is 17.4.